The lowest BCUT2D eigenvalue weighted by Crippen LogP contribution is -2.27. The Kier molecular flexibility index (Phi) is 6.41. The third-order valence-electron chi connectivity index (χ3n) is 7.42. The van der Waals surface area contributed by atoms with Crippen LogP contribution in [0.25, 0.3) is 33.2 Å². The van der Waals surface area contributed by atoms with Crippen LogP contribution in [0, 0.1) is 19.8 Å². The number of rotatable bonds is 6. The summed E-state index contributed by atoms with van der Waals surface area (Å²) in [6.07, 6.45) is 3.72. The van der Waals surface area contributed by atoms with Gasteiger partial charge >= 0.3 is 5.97 Å². The molecule has 1 fully saturated rings. The number of fused-ring (bicyclic) bond motifs is 3. The number of aryl methyl sites for hydroxylation is 2. The second-order valence-electron chi connectivity index (χ2n) is 9.75. The highest BCUT2D eigenvalue weighted by Gasteiger charge is 2.31. The van der Waals surface area contributed by atoms with Crippen molar-refractivity contribution in [3.8, 4) is 11.1 Å². The molecule has 0 N–H and O–H groups in total. The Labute approximate surface area is 220 Å². The smallest absolute Gasteiger partial charge is 0.356 e. The lowest BCUT2D eigenvalue weighted by molar-refractivity contribution is 0.0519. The number of hydrogen-bond acceptors (Lipinski definition) is 7. The molecule has 6 rings (SSSR count). The van der Waals surface area contributed by atoms with E-state index in [9.17, 15) is 4.79 Å². The largest absolute Gasteiger partial charge is 0.461 e. The molecule has 0 spiro atoms. The molecule has 194 valence electrons. The fourth-order valence-corrected chi connectivity index (χ4v) is 5.72. The molecule has 4 aromatic heterocycles. The molecule has 0 aliphatic carbocycles. The Hall–Kier alpha value is -4.04. The zero-order valence-corrected chi connectivity index (χ0v) is 21.8. The van der Waals surface area contributed by atoms with Crippen LogP contribution in [0.15, 0.2) is 59.3 Å². The van der Waals surface area contributed by atoms with Crippen molar-refractivity contribution in [3.63, 3.8) is 0 Å². The molecule has 0 bridgehead atoms. The van der Waals surface area contributed by atoms with Gasteiger partial charge in [0, 0.05) is 35.9 Å². The SMILES string of the molecule is CCOC(=O)c1ccc2c3ncc(-c4c(C)noc4C)cc3n(C(c3ccccc3)C3CCOCC3)c2n1. The van der Waals surface area contributed by atoms with E-state index in [0.29, 0.717) is 18.2 Å². The van der Waals surface area contributed by atoms with E-state index in [-0.39, 0.29) is 11.7 Å². The van der Waals surface area contributed by atoms with E-state index < -0.39 is 5.97 Å². The fourth-order valence-electron chi connectivity index (χ4n) is 5.72. The third kappa shape index (κ3) is 4.15. The standard InChI is InChI=1S/C30H30N4O4/c1-4-37-30(35)24-11-10-23-27-25(16-22(17-31-27)26-18(2)33-38-19(26)3)34(29(23)32-24)28(20-8-6-5-7-9-20)21-12-14-36-15-13-21/h5-11,16-17,21,28H,4,12-15H2,1-3H3. The van der Waals surface area contributed by atoms with Crippen molar-refractivity contribution >= 4 is 28.0 Å². The lowest BCUT2D eigenvalue weighted by atomic mass is 9.86. The van der Waals surface area contributed by atoms with Crippen molar-refractivity contribution in [2.75, 3.05) is 19.8 Å². The van der Waals surface area contributed by atoms with Crippen LogP contribution in [-0.4, -0.2) is 45.5 Å². The predicted octanol–water partition coefficient (Wildman–Crippen LogP) is 6.05. The summed E-state index contributed by atoms with van der Waals surface area (Å²) in [5.41, 5.74) is 6.67. The average molecular weight is 511 g/mol. The van der Waals surface area contributed by atoms with Crippen molar-refractivity contribution in [1.82, 2.24) is 19.7 Å². The third-order valence-corrected chi connectivity index (χ3v) is 7.42. The van der Waals surface area contributed by atoms with Crippen LogP contribution in [0.1, 0.15) is 53.3 Å². The summed E-state index contributed by atoms with van der Waals surface area (Å²) in [4.78, 5) is 22.5. The minimum atomic E-state index is -0.432. The molecule has 1 atom stereocenters. The highest BCUT2D eigenvalue weighted by Crippen LogP contribution is 2.41. The van der Waals surface area contributed by atoms with E-state index in [1.807, 2.05) is 32.2 Å². The lowest BCUT2D eigenvalue weighted by Gasteiger charge is -2.32. The number of aromatic nitrogens is 4. The van der Waals surface area contributed by atoms with Gasteiger partial charge in [-0.05, 0) is 63.3 Å². The average Bonchev–Trinajstić information content (AvgIpc) is 3.45. The van der Waals surface area contributed by atoms with E-state index in [1.165, 1.54) is 5.56 Å². The van der Waals surface area contributed by atoms with Gasteiger partial charge in [-0.1, -0.05) is 35.5 Å². The topological polar surface area (TPSA) is 92.3 Å². The Morgan fingerprint density at radius 3 is 2.63 bits per heavy atom. The molecule has 5 heterocycles. The summed E-state index contributed by atoms with van der Waals surface area (Å²) in [7, 11) is 0. The number of carbonyl (C=O) groups excluding carboxylic acids is 1. The fraction of sp³-hybridized carbons (Fsp3) is 0.333. The highest BCUT2D eigenvalue weighted by molar-refractivity contribution is 6.06. The second-order valence-corrected chi connectivity index (χ2v) is 9.75. The molecule has 1 saturated heterocycles. The summed E-state index contributed by atoms with van der Waals surface area (Å²) in [5.74, 6) is 0.636. The first-order valence-electron chi connectivity index (χ1n) is 13.1. The Bertz CT molecular complexity index is 1600. The van der Waals surface area contributed by atoms with Crippen LogP contribution in [-0.2, 0) is 9.47 Å². The quantitative estimate of drug-likeness (QED) is 0.257. The van der Waals surface area contributed by atoms with Gasteiger partial charge in [-0.15, -0.1) is 0 Å². The van der Waals surface area contributed by atoms with Gasteiger partial charge in [0.05, 0.1) is 29.4 Å². The molecule has 1 aliphatic rings. The first-order chi connectivity index (χ1) is 18.6. The molecule has 1 aliphatic heterocycles. The maximum absolute atomic E-state index is 12.7. The monoisotopic (exact) mass is 510 g/mol. The van der Waals surface area contributed by atoms with Gasteiger partial charge in [-0.25, -0.2) is 9.78 Å². The van der Waals surface area contributed by atoms with E-state index in [0.717, 1.165) is 65.1 Å². The number of pyridine rings is 2. The number of nitrogens with zero attached hydrogens (tertiary/aromatic N) is 4. The normalized spacial score (nSPS) is 15.2. The summed E-state index contributed by atoms with van der Waals surface area (Å²) in [6, 6.07) is 16.3. The minimum absolute atomic E-state index is 0.0215. The first-order valence-corrected chi connectivity index (χ1v) is 13.1. The predicted molar refractivity (Wildman–Crippen MR) is 144 cm³/mol. The van der Waals surface area contributed by atoms with Crippen LogP contribution in [0.5, 0.6) is 0 Å². The summed E-state index contributed by atoms with van der Waals surface area (Å²) < 4.78 is 18.8. The van der Waals surface area contributed by atoms with Crippen molar-refractivity contribution < 1.29 is 18.8 Å². The van der Waals surface area contributed by atoms with E-state index in [2.05, 4.69) is 40.1 Å². The van der Waals surface area contributed by atoms with Crippen molar-refractivity contribution in [2.45, 2.75) is 39.7 Å². The zero-order chi connectivity index (χ0) is 26.2. The van der Waals surface area contributed by atoms with Crippen molar-refractivity contribution in [1.29, 1.82) is 0 Å². The van der Waals surface area contributed by atoms with Gasteiger partial charge in [-0.3, -0.25) is 4.98 Å². The van der Waals surface area contributed by atoms with Crippen LogP contribution in [0.3, 0.4) is 0 Å². The van der Waals surface area contributed by atoms with Gasteiger partial charge in [-0.2, -0.15) is 0 Å². The number of esters is 1. The summed E-state index contributed by atoms with van der Waals surface area (Å²) in [6.45, 7) is 7.37. The second kappa shape index (κ2) is 10.0. The number of ether oxygens (including phenoxy) is 2. The summed E-state index contributed by atoms with van der Waals surface area (Å²) >= 11 is 0. The van der Waals surface area contributed by atoms with E-state index in [1.54, 1.807) is 13.0 Å². The number of hydrogen-bond donors (Lipinski definition) is 0. The Morgan fingerprint density at radius 1 is 1.13 bits per heavy atom. The maximum atomic E-state index is 12.7. The van der Waals surface area contributed by atoms with Crippen LogP contribution in [0.4, 0.5) is 0 Å². The summed E-state index contributed by atoms with van der Waals surface area (Å²) in [5, 5.41) is 5.05. The molecule has 5 aromatic rings. The van der Waals surface area contributed by atoms with Gasteiger partial charge in [0.1, 0.15) is 11.4 Å². The minimum Gasteiger partial charge on any atom is -0.461 e. The molecule has 0 amide bonds. The van der Waals surface area contributed by atoms with Crippen LogP contribution < -0.4 is 0 Å². The molecule has 0 radical (unpaired) electrons. The number of benzene rings is 1. The van der Waals surface area contributed by atoms with E-state index >= 15 is 0 Å². The van der Waals surface area contributed by atoms with Gasteiger partial charge < -0.3 is 18.6 Å². The van der Waals surface area contributed by atoms with Crippen molar-refractivity contribution in [3.05, 3.63) is 77.4 Å². The molecule has 8 heteroatoms. The zero-order valence-electron chi connectivity index (χ0n) is 21.8. The van der Waals surface area contributed by atoms with Gasteiger partial charge in [0.2, 0.25) is 0 Å². The first kappa shape index (κ1) is 24.3. The van der Waals surface area contributed by atoms with Gasteiger partial charge in [0.25, 0.3) is 0 Å². The molecular weight excluding hydrogens is 480 g/mol. The molecular formula is C30H30N4O4. The highest BCUT2D eigenvalue weighted by atomic mass is 16.5. The van der Waals surface area contributed by atoms with Gasteiger partial charge in [0.15, 0.2) is 5.69 Å². The van der Waals surface area contributed by atoms with Crippen molar-refractivity contribution in [2.24, 2.45) is 5.92 Å². The van der Waals surface area contributed by atoms with Crippen LogP contribution >= 0.6 is 0 Å². The molecule has 1 unspecified atom stereocenters. The molecule has 0 saturated carbocycles. The Morgan fingerprint density at radius 2 is 1.92 bits per heavy atom. The molecule has 1 aromatic carbocycles. The Balaban J connectivity index is 1.67. The van der Waals surface area contributed by atoms with Crippen LogP contribution in [0.2, 0.25) is 0 Å². The molecule has 38 heavy (non-hydrogen) atoms. The van der Waals surface area contributed by atoms with E-state index in [4.69, 9.17) is 24.0 Å². The molecule has 8 nitrogen and oxygen atoms in total. The maximum Gasteiger partial charge on any atom is 0.356 e. The number of carbonyl (C=O) groups is 1.